The summed E-state index contributed by atoms with van der Waals surface area (Å²) >= 11 is 0. The highest BCUT2D eigenvalue weighted by Gasteiger charge is 2.21. The Bertz CT molecular complexity index is 1530. The molecule has 2 aromatic heterocycles. The molecule has 178 valence electrons. The zero-order valence-electron chi connectivity index (χ0n) is 19.1. The Labute approximate surface area is 205 Å². The van der Waals surface area contributed by atoms with Crippen molar-refractivity contribution in [1.82, 2.24) is 35.6 Å². The lowest BCUT2D eigenvalue weighted by Crippen LogP contribution is -2.42. The zero-order valence-corrected chi connectivity index (χ0v) is 19.1. The standard InChI is InChI=1S/C26H20FN7O2/c1-17-23(28-32-34(17)21-14-12-19(27)13-15-21)26(36)30-29-25(35)22-16-33(20-10-6-3-7-11-20)31-24(22)18-8-4-2-5-9-18/h2-16H,1H3,(H,29,35)(H,30,36). The van der Waals surface area contributed by atoms with E-state index in [1.165, 1.54) is 28.9 Å². The SMILES string of the molecule is Cc1c(C(=O)NNC(=O)c2cn(-c3ccccc3)nc2-c2ccccc2)nnn1-c1ccc(F)cc1. The monoisotopic (exact) mass is 481 g/mol. The molecule has 0 fully saturated rings. The second-order valence-corrected chi connectivity index (χ2v) is 7.86. The smallest absolute Gasteiger partial charge is 0.267 e. The van der Waals surface area contributed by atoms with Crippen molar-refractivity contribution in [2.24, 2.45) is 0 Å². The molecule has 0 spiro atoms. The number of amides is 2. The summed E-state index contributed by atoms with van der Waals surface area (Å²) in [6.07, 6.45) is 1.61. The number of nitrogens with zero attached hydrogens (tertiary/aromatic N) is 5. The third-order valence-electron chi connectivity index (χ3n) is 5.50. The third-order valence-corrected chi connectivity index (χ3v) is 5.50. The minimum atomic E-state index is -0.647. The van der Waals surface area contributed by atoms with Crippen LogP contribution in [0.5, 0.6) is 0 Å². The number of carbonyl (C=O) groups is 2. The van der Waals surface area contributed by atoms with Gasteiger partial charge < -0.3 is 0 Å². The first-order chi connectivity index (χ1) is 17.5. The Kier molecular flexibility index (Phi) is 6.06. The number of hydrogen-bond donors (Lipinski definition) is 2. The summed E-state index contributed by atoms with van der Waals surface area (Å²) in [5, 5.41) is 12.5. The molecule has 0 atom stereocenters. The summed E-state index contributed by atoms with van der Waals surface area (Å²) in [5.41, 5.74) is 8.09. The molecule has 9 nitrogen and oxygen atoms in total. The van der Waals surface area contributed by atoms with Gasteiger partial charge in [0.25, 0.3) is 11.8 Å². The van der Waals surface area contributed by atoms with Crippen molar-refractivity contribution in [3.05, 3.63) is 114 Å². The number of hydrogen-bond acceptors (Lipinski definition) is 5. The first-order valence-electron chi connectivity index (χ1n) is 11.0. The van der Waals surface area contributed by atoms with Crippen molar-refractivity contribution >= 4 is 11.8 Å². The summed E-state index contributed by atoms with van der Waals surface area (Å²) in [6.45, 7) is 1.65. The van der Waals surface area contributed by atoms with Gasteiger partial charge in [-0.25, -0.2) is 13.8 Å². The predicted octanol–water partition coefficient (Wildman–Crippen LogP) is 3.64. The summed E-state index contributed by atoms with van der Waals surface area (Å²) < 4.78 is 16.3. The topological polar surface area (TPSA) is 107 Å². The number of hydrazine groups is 1. The van der Waals surface area contributed by atoms with Gasteiger partial charge in [-0.2, -0.15) is 5.10 Å². The summed E-state index contributed by atoms with van der Waals surface area (Å²) in [7, 11) is 0. The van der Waals surface area contributed by atoms with Crippen LogP contribution in [0.2, 0.25) is 0 Å². The lowest BCUT2D eigenvalue weighted by atomic mass is 10.1. The fourth-order valence-electron chi connectivity index (χ4n) is 3.67. The Hall–Kier alpha value is -5.12. The Morgan fingerprint density at radius 3 is 2.14 bits per heavy atom. The molecule has 0 aliphatic carbocycles. The average molecular weight is 481 g/mol. The maximum absolute atomic E-state index is 13.2. The van der Waals surface area contributed by atoms with Crippen LogP contribution in [0.4, 0.5) is 4.39 Å². The molecule has 2 heterocycles. The van der Waals surface area contributed by atoms with Gasteiger partial charge in [-0.3, -0.25) is 20.4 Å². The largest absolute Gasteiger partial charge is 0.292 e. The van der Waals surface area contributed by atoms with Gasteiger partial charge in [0, 0.05) is 11.8 Å². The summed E-state index contributed by atoms with van der Waals surface area (Å²) in [4.78, 5) is 25.9. The van der Waals surface area contributed by atoms with Gasteiger partial charge in [0.1, 0.15) is 11.5 Å². The maximum atomic E-state index is 13.2. The van der Waals surface area contributed by atoms with Crippen LogP contribution in [0.1, 0.15) is 26.5 Å². The van der Waals surface area contributed by atoms with Crippen LogP contribution in [0.25, 0.3) is 22.6 Å². The van der Waals surface area contributed by atoms with E-state index in [0.717, 1.165) is 11.3 Å². The van der Waals surface area contributed by atoms with Crippen LogP contribution in [0.15, 0.2) is 91.1 Å². The Balaban J connectivity index is 1.37. The molecule has 0 radical (unpaired) electrons. The molecule has 2 N–H and O–H groups in total. The molecular weight excluding hydrogens is 461 g/mol. The summed E-state index contributed by atoms with van der Waals surface area (Å²) in [6, 6.07) is 24.3. The lowest BCUT2D eigenvalue weighted by molar-refractivity contribution is 0.0843. The lowest BCUT2D eigenvalue weighted by Gasteiger charge is -2.07. The molecule has 0 aliphatic heterocycles. The van der Waals surface area contributed by atoms with Gasteiger partial charge in [-0.05, 0) is 43.3 Å². The second-order valence-electron chi connectivity index (χ2n) is 7.86. The molecule has 5 rings (SSSR count). The first kappa shape index (κ1) is 22.7. The van der Waals surface area contributed by atoms with Gasteiger partial charge in [0.2, 0.25) is 0 Å². The molecule has 0 bridgehead atoms. The van der Waals surface area contributed by atoms with E-state index >= 15 is 0 Å². The van der Waals surface area contributed by atoms with E-state index in [-0.39, 0.29) is 17.1 Å². The molecule has 0 saturated heterocycles. The van der Waals surface area contributed by atoms with Gasteiger partial charge in [0.05, 0.1) is 22.6 Å². The van der Waals surface area contributed by atoms with Gasteiger partial charge in [-0.1, -0.05) is 53.7 Å². The fourth-order valence-corrected chi connectivity index (χ4v) is 3.67. The van der Waals surface area contributed by atoms with E-state index < -0.39 is 11.8 Å². The molecule has 10 heteroatoms. The second kappa shape index (κ2) is 9.63. The molecule has 3 aromatic carbocycles. The van der Waals surface area contributed by atoms with Gasteiger partial charge in [-0.15, -0.1) is 5.10 Å². The summed E-state index contributed by atoms with van der Waals surface area (Å²) in [5.74, 6) is -1.58. The predicted molar refractivity (Wildman–Crippen MR) is 130 cm³/mol. The van der Waals surface area contributed by atoms with Crippen LogP contribution in [-0.2, 0) is 0 Å². The van der Waals surface area contributed by atoms with E-state index in [9.17, 15) is 14.0 Å². The average Bonchev–Trinajstić information content (AvgIpc) is 3.53. The molecule has 5 aromatic rings. The van der Waals surface area contributed by atoms with Crippen LogP contribution in [0, 0.1) is 12.7 Å². The third kappa shape index (κ3) is 4.47. The number of halogens is 1. The maximum Gasteiger partial charge on any atom is 0.292 e. The highest BCUT2D eigenvalue weighted by Crippen LogP contribution is 2.23. The molecule has 2 amide bonds. The van der Waals surface area contributed by atoms with Crippen molar-refractivity contribution in [1.29, 1.82) is 0 Å². The highest BCUT2D eigenvalue weighted by atomic mass is 19.1. The number of rotatable bonds is 5. The molecular formula is C26H20FN7O2. The molecule has 0 aliphatic rings. The van der Waals surface area contributed by atoms with E-state index in [2.05, 4.69) is 26.3 Å². The first-order valence-corrected chi connectivity index (χ1v) is 11.0. The number of benzene rings is 3. The van der Waals surface area contributed by atoms with Gasteiger partial charge >= 0.3 is 0 Å². The van der Waals surface area contributed by atoms with Crippen molar-refractivity contribution in [2.45, 2.75) is 6.92 Å². The number of para-hydroxylation sites is 1. The molecule has 0 unspecified atom stereocenters. The minimum absolute atomic E-state index is 0.0166. The Morgan fingerprint density at radius 2 is 1.44 bits per heavy atom. The Morgan fingerprint density at radius 1 is 0.806 bits per heavy atom. The fraction of sp³-hybridized carbons (Fsp3) is 0.0385. The van der Waals surface area contributed by atoms with Crippen LogP contribution in [-0.4, -0.2) is 36.6 Å². The van der Waals surface area contributed by atoms with E-state index in [0.29, 0.717) is 17.1 Å². The van der Waals surface area contributed by atoms with E-state index in [4.69, 9.17) is 0 Å². The van der Waals surface area contributed by atoms with Crippen LogP contribution in [0.3, 0.4) is 0 Å². The quantitative estimate of drug-likeness (QED) is 0.373. The van der Waals surface area contributed by atoms with E-state index in [1.807, 2.05) is 60.7 Å². The van der Waals surface area contributed by atoms with Crippen LogP contribution >= 0.6 is 0 Å². The number of carbonyl (C=O) groups excluding carboxylic acids is 2. The van der Waals surface area contributed by atoms with Crippen molar-refractivity contribution in [2.75, 3.05) is 0 Å². The van der Waals surface area contributed by atoms with Crippen molar-refractivity contribution in [3.63, 3.8) is 0 Å². The number of nitrogens with one attached hydrogen (secondary N) is 2. The highest BCUT2D eigenvalue weighted by molar-refractivity contribution is 6.02. The van der Waals surface area contributed by atoms with Crippen LogP contribution < -0.4 is 10.9 Å². The van der Waals surface area contributed by atoms with Crippen molar-refractivity contribution in [3.8, 4) is 22.6 Å². The van der Waals surface area contributed by atoms with E-state index in [1.54, 1.807) is 17.8 Å². The molecule has 36 heavy (non-hydrogen) atoms. The molecule has 0 saturated carbocycles. The minimum Gasteiger partial charge on any atom is -0.267 e. The zero-order chi connectivity index (χ0) is 25.1. The van der Waals surface area contributed by atoms with Crippen molar-refractivity contribution < 1.29 is 14.0 Å². The van der Waals surface area contributed by atoms with Gasteiger partial charge in [0.15, 0.2) is 5.69 Å². The number of aromatic nitrogens is 5. The normalized spacial score (nSPS) is 10.7.